The van der Waals surface area contributed by atoms with Crippen LogP contribution in [0.25, 0.3) is 0 Å². The van der Waals surface area contributed by atoms with Crippen LogP contribution in [-0.4, -0.2) is 4.98 Å². The summed E-state index contributed by atoms with van der Waals surface area (Å²) in [7, 11) is 0. The number of pyridine rings is 1. The minimum atomic E-state index is 0. The zero-order valence-electron chi connectivity index (χ0n) is 3.69. The number of hydrogen-bond acceptors (Lipinski definition) is 1. The SMILES string of the molecule is [Fe].c1ccncc1. The number of aromatic nitrogens is 1. The van der Waals surface area contributed by atoms with E-state index in [0.717, 1.165) is 0 Å². The summed E-state index contributed by atoms with van der Waals surface area (Å²) in [6.45, 7) is 0. The van der Waals surface area contributed by atoms with Gasteiger partial charge in [-0.15, -0.1) is 0 Å². The molecule has 1 rings (SSSR count). The van der Waals surface area contributed by atoms with E-state index < -0.39 is 0 Å². The van der Waals surface area contributed by atoms with Gasteiger partial charge in [-0.1, -0.05) is 6.07 Å². The summed E-state index contributed by atoms with van der Waals surface area (Å²) in [6.07, 6.45) is 3.50. The molecule has 0 unspecified atom stereocenters. The van der Waals surface area contributed by atoms with Gasteiger partial charge in [0.2, 0.25) is 0 Å². The number of rotatable bonds is 0. The minimum Gasteiger partial charge on any atom is -0.265 e. The molecule has 0 atom stereocenters. The maximum atomic E-state index is 3.78. The van der Waals surface area contributed by atoms with Crippen molar-refractivity contribution in [3.8, 4) is 0 Å². The molecule has 0 fully saturated rings. The van der Waals surface area contributed by atoms with Crippen LogP contribution in [0.5, 0.6) is 0 Å². The molecule has 7 heavy (non-hydrogen) atoms. The summed E-state index contributed by atoms with van der Waals surface area (Å²) in [5.74, 6) is 0. The van der Waals surface area contributed by atoms with E-state index in [4.69, 9.17) is 0 Å². The van der Waals surface area contributed by atoms with Crippen molar-refractivity contribution in [3.63, 3.8) is 0 Å². The van der Waals surface area contributed by atoms with Gasteiger partial charge in [0.15, 0.2) is 0 Å². The van der Waals surface area contributed by atoms with Gasteiger partial charge in [0.25, 0.3) is 0 Å². The molecule has 0 N–H and O–H groups in total. The Bertz CT molecular complexity index is 80.0. The average Bonchev–Trinajstić information content (AvgIpc) is 1.72. The molecule has 0 saturated carbocycles. The molecule has 1 heterocycles. The van der Waals surface area contributed by atoms with Crippen LogP contribution in [0.1, 0.15) is 0 Å². The van der Waals surface area contributed by atoms with Crippen molar-refractivity contribution < 1.29 is 17.1 Å². The molecule has 2 heteroatoms. The van der Waals surface area contributed by atoms with Gasteiger partial charge >= 0.3 is 0 Å². The van der Waals surface area contributed by atoms with Crippen molar-refractivity contribution in [2.75, 3.05) is 0 Å². The van der Waals surface area contributed by atoms with Crippen molar-refractivity contribution >= 4 is 0 Å². The summed E-state index contributed by atoms with van der Waals surface area (Å²) < 4.78 is 0. The molecule has 0 aromatic carbocycles. The predicted molar refractivity (Wildman–Crippen MR) is 24.2 cm³/mol. The molecule has 0 aliphatic heterocycles. The average molecular weight is 135 g/mol. The molecule has 0 radical (unpaired) electrons. The molecule has 1 aromatic rings. The van der Waals surface area contributed by atoms with E-state index in [1.807, 2.05) is 18.2 Å². The van der Waals surface area contributed by atoms with Gasteiger partial charge in [-0.25, -0.2) is 0 Å². The second-order valence-corrected chi connectivity index (χ2v) is 1.02. The first-order valence-electron chi connectivity index (χ1n) is 1.85. The monoisotopic (exact) mass is 135 g/mol. The van der Waals surface area contributed by atoms with Crippen molar-refractivity contribution in [2.24, 2.45) is 0 Å². The van der Waals surface area contributed by atoms with E-state index in [1.165, 1.54) is 0 Å². The Labute approximate surface area is 53.2 Å². The van der Waals surface area contributed by atoms with Gasteiger partial charge in [-0.2, -0.15) is 0 Å². The fourth-order valence-corrected chi connectivity index (χ4v) is 0.313. The smallest absolute Gasteiger partial charge is 0.0267 e. The summed E-state index contributed by atoms with van der Waals surface area (Å²) in [6, 6.07) is 5.72. The van der Waals surface area contributed by atoms with Crippen molar-refractivity contribution in [1.29, 1.82) is 0 Å². The topological polar surface area (TPSA) is 12.9 Å². The first kappa shape index (κ1) is 6.67. The van der Waals surface area contributed by atoms with Crippen LogP contribution in [-0.2, 0) is 17.1 Å². The Morgan fingerprint density at radius 2 is 1.43 bits per heavy atom. The van der Waals surface area contributed by atoms with Crippen LogP contribution in [0.3, 0.4) is 0 Å². The molecular formula is C5H5FeN. The summed E-state index contributed by atoms with van der Waals surface area (Å²) in [4.78, 5) is 3.78. The molecule has 1 aromatic heterocycles. The molecule has 0 aliphatic carbocycles. The van der Waals surface area contributed by atoms with Gasteiger partial charge in [0.05, 0.1) is 0 Å². The second-order valence-electron chi connectivity index (χ2n) is 1.02. The van der Waals surface area contributed by atoms with Crippen LogP contribution >= 0.6 is 0 Å². The van der Waals surface area contributed by atoms with E-state index in [-0.39, 0.29) is 17.1 Å². The third kappa shape index (κ3) is 2.38. The van der Waals surface area contributed by atoms with E-state index in [0.29, 0.717) is 0 Å². The number of nitrogens with zero attached hydrogens (tertiary/aromatic N) is 1. The van der Waals surface area contributed by atoms with Crippen molar-refractivity contribution in [2.45, 2.75) is 0 Å². The quantitative estimate of drug-likeness (QED) is 0.485. The van der Waals surface area contributed by atoms with Crippen LogP contribution in [0.4, 0.5) is 0 Å². The standard InChI is InChI=1S/C5H5N.Fe/c1-2-4-6-5-3-1;/h1-5H;. The Morgan fingerprint density at radius 3 is 1.57 bits per heavy atom. The molecule has 0 spiro atoms. The molecule has 0 aliphatic rings. The first-order chi connectivity index (χ1) is 3.00. The van der Waals surface area contributed by atoms with E-state index in [2.05, 4.69) is 4.98 Å². The Morgan fingerprint density at radius 1 is 0.857 bits per heavy atom. The Hall–Kier alpha value is -0.331. The molecule has 1 nitrogen and oxygen atoms in total. The van der Waals surface area contributed by atoms with Crippen LogP contribution in [0.2, 0.25) is 0 Å². The summed E-state index contributed by atoms with van der Waals surface area (Å²) >= 11 is 0. The Balaban J connectivity index is 0.000000360. The molecular weight excluding hydrogens is 130 g/mol. The fraction of sp³-hybridized carbons (Fsp3) is 0. The Kier molecular flexibility index (Phi) is 3.66. The second kappa shape index (κ2) is 3.85. The third-order valence-corrected chi connectivity index (χ3v) is 0.566. The van der Waals surface area contributed by atoms with E-state index in [1.54, 1.807) is 12.4 Å². The maximum absolute atomic E-state index is 3.78. The maximum Gasteiger partial charge on any atom is 0.0267 e. The zero-order chi connectivity index (χ0) is 4.24. The van der Waals surface area contributed by atoms with Crippen molar-refractivity contribution in [3.05, 3.63) is 30.6 Å². The molecule has 0 saturated heterocycles. The third-order valence-electron chi connectivity index (χ3n) is 0.566. The molecule has 38 valence electrons. The van der Waals surface area contributed by atoms with Gasteiger partial charge in [-0.3, -0.25) is 4.98 Å². The van der Waals surface area contributed by atoms with E-state index >= 15 is 0 Å². The van der Waals surface area contributed by atoms with E-state index in [9.17, 15) is 0 Å². The van der Waals surface area contributed by atoms with Gasteiger partial charge in [0.1, 0.15) is 0 Å². The summed E-state index contributed by atoms with van der Waals surface area (Å²) in [5, 5.41) is 0. The van der Waals surface area contributed by atoms with Crippen LogP contribution in [0, 0.1) is 0 Å². The van der Waals surface area contributed by atoms with Crippen molar-refractivity contribution in [1.82, 2.24) is 4.98 Å². The molecule has 0 amide bonds. The zero-order valence-corrected chi connectivity index (χ0v) is 4.79. The van der Waals surface area contributed by atoms with Gasteiger partial charge in [0, 0.05) is 29.5 Å². The van der Waals surface area contributed by atoms with Crippen LogP contribution in [0.15, 0.2) is 30.6 Å². The molecule has 0 bridgehead atoms. The first-order valence-corrected chi connectivity index (χ1v) is 1.85. The normalized spacial score (nSPS) is 6.86. The van der Waals surface area contributed by atoms with Gasteiger partial charge < -0.3 is 0 Å². The predicted octanol–water partition coefficient (Wildman–Crippen LogP) is 1.08. The number of hydrogen-bond donors (Lipinski definition) is 0. The fourth-order valence-electron chi connectivity index (χ4n) is 0.313. The van der Waals surface area contributed by atoms with Crippen LogP contribution < -0.4 is 0 Å². The summed E-state index contributed by atoms with van der Waals surface area (Å²) in [5.41, 5.74) is 0. The minimum absolute atomic E-state index is 0. The largest absolute Gasteiger partial charge is 0.265 e. The van der Waals surface area contributed by atoms with Gasteiger partial charge in [-0.05, 0) is 12.1 Å².